The van der Waals surface area contributed by atoms with Crippen LogP contribution in [0.15, 0.2) is 50.2 Å². The summed E-state index contributed by atoms with van der Waals surface area (Å²) in [5.74, 6) is -0.486. The number of rotatable bonds is 6. The third-order valence-electron chi connectivity index (χ3n) is 4.20. The van der Waals surface area contributed by atoms with E-state index in [-0.39, 0.29) is 10.8 Å². The Bertz CT molecular complexity index is 1100. The van der Waals surface area contributed by atoms with Gasteiger partial charge >= 0.3 is 5.97 Å². The first-order valence-electron chi connectivity index (χ1n) is 8.43. The molecule has 1 heterocycles. The van der Waals surface area contributed by atoms with E-state index in [9.17, 15) is 13.2 Å². The van der Waals surface area contributed by atoms with Crippen molar-refractivity contribution in [3.8, 4) is 0 Å². The average molecular weight is 454 g/mol. The molecule has 2 aromatic carbocycles. The van der Waals surface area contributed by atoms with Crippen LogP contribution in [0.1, 0.15) is 20.3 Å². The summed E-state index contributed by atoms with van der Waals surface area (Å²) in [5, 5.41) is 1.50. The molecule has 0 aliphatic heterocycles. The van der Waals surface area contributed by atoms with Crippen molar-refractivity contribution in [2.75, 3.05) is 7.11 Å². The van der Waals surface area contributed by atoms with Crippen molar-refractivity contribution in [2.45, 2.75) is 31.2 Å². The number of methoxy groups -OCH3 is 1. The number of carbonyl (C=O) groups is 1. The smallest absolute Gasteiger partial charge is 0.323 e. The van der Waals surface area contributed by atoms with Gasteiger partial charge in [-0.3, -0.25) is 4.79 Å². The minimum absolute atomic E-state index is 0.0651. The lowest BCUT2D eigenvalue weighted by atomic mass is 10.1. The Hall–Kier alpha value is -1.90. The van der Waals surface area contributed by atoms with Crippen LogP contribution in [0.25, 0.3) is 21.9 Å². The summed E-state index contributed by atoms with van der Waals surface area (Å²) < 4.78 is 39.5. The van der Waals surface area contributed by atoms with E-state index in [0.717, 1.165) is 9.86 Å². The lowest BCUT2D eigenvalue weighted by Gasteiger charge is -2.18. The van der Waals surface area contributed by atoms with Crippen LogP contribution < -0.4 is 4.72 Å². The van der Waals surface area contributed by atoms with Gasteiger partial charge in [-0.15, -0.1) is 0 Å². The molecule has 0 aliphatic carbocycles. The SMILES string of the molecule is COC(=O)[C@H](CC(C)C)NS(=O)(=O)c1ccc2oc3ccc(Br)cc3c2c1. The minimum atomic E-state index is -3.91. The summed E-state index contributed by atoms with van der Waals surface area (Å²) in [6.45, 7) is 3.82. The standard InChI is InChI=1S/C19H20BrNO5S/c1-11(2)8-16(19(22)25-3)21-27(23,24)13-5-7-18-15(10-13)14-9-12(20)4-6-17(14)26-18/h4-7,9-11,16,21H,8H2,1-3H3/t16-/m0/s1. The molecule has 1 aromatic heterocycles. The van der Waals surface area contributed by atoms with Gasteiger partial charge in [0.15, 0.2) is 0 Å². The average Bonchev–Trinajstić information content (AvgIpc) is 2.97. The Balaban J connectivity index is 2.02. The van der Waals surface area contributed by atoms with Gasteiger partial charge < -0.3 is 9.15 Å². The van der Waals surface area contributed by atoms with Crippen molar-refractivity contribution in [2.24, 2.45) is 5.92 Å². The Morgan fingerprint density at radius 1 is 1.15 bits per heavy atom. The molecular formula is C19H20BrNO5S. The number of hydrogen-bond acceptors (Lipinski definition) is 5. The number of ether oxygens (including phenoxy) is 1. The minimum Gasteiger partial charge on any atom is -0.468 e. The van der Waals surface area contributed by atoms with Crippen LogP contribution in [-0.4, -0.2) is 27.5 Å². The number of halogens is 1. The maximum absolute atomic E-state index is 12.9. The van der Waals surface area contributed by atoms with Crippen molar-refractivity contribution in [3.05, 3.63) is 40.9 Å². The van der Waals surface area contributed by atoms with Crippen LogP contribution >= 0.6 is 15.9 Å². The van der Waals surface area contributed by atoms with Crippen LogP contribution in [0.3, 0.4) is 0 Å². The third kappa shape index (κ3) is 4.17. The zero-order valence-electron chi connectivity index (χ0n) is 15.2. The molecule has 27 heavy (non-hydrogen) atoms. The molecule has 0 unspecified atom stereocenters. The highest BCUT2D eigenvalue weighted by molar-refractivity contribution is 9.10. The molecule has 3 aromatic rings. The summed E-state index contributed by atoms with van der Waals surface area (Å²) in [6, 6.07) is 9.25. The van der Waals surface area contributed by atoms with E-state index in [1.165, 1.54) is 13.2 Å². The molecule has 144 valence electrons. The van der Waals surface area contributed by atoms with Gasteiger partial charge in [-0.05, 0) is 48.7 Å². The zero-order chi connectivity index (χ0) is 19.8. The number of benzene rings is 2. The molecule has 0 saturated heterocycles. The van der Waals surface area contributed by atoms with Crippen LogP contribution in [0.5, 0.6) is 0 Å². The summed E-state index contributed by atoms with van der Waals surface area (Å²) in [6.07, 6.45) is 0.343. The van der Waals surface area contributed by atoms with E-state index in [1.807, 2.05) is 32.0 Å². The number of fused-ring (bicyclic) bond motifs is 3. The maximum Gasteiger partial charge on any atom is 0.323 e. The zero-order valence-corrected chi connectivity index (χ0v) is 17.6. The highest BCUT2D eigenvalue weighted by Gasteiger charge is 2.27. The molecule has 0 spiro atoms. The maximum atomic E-state index is 12.9. The molecule has 1 N–H and O–H groups in total. The fourth-order valence-electron chi connectivity index (χ4n) is 2.96. The summed E-state index contributed by atoms with van der Waals surface area (Å²) in [5.41, 5.74) is 1.26. The molecule has 0 saturated carbocycles. The van der Waals surface area contributed by atoms with Crippen molar-refractivity contribution < 1.29 is 22.4 Å². The van der Waals surface area contributed by atoms with Crippen LogP contribution in [-0.2, 0) is 19.6 Å². The highest BCUT2D eigenvalue weighted by atomic mass is 79.9. The second kappa shape index (κ2) is 7.61. The molecule has 6 nitrogen and oxygen atoms in total. The molecule has 1 atom stereocenters. The Kier molecular flexibility index (Phi) is 5.60. The predicted octanol–water partition coefficient (Wildman–Crippen LogP) is 4.21. The molecule has 0 aliphatic rings. The number of nitrogens with one attached hydrogen (secondary N) is 1. The molecule has 0 fully saturated rings. The van der Waals surface area contributed by atoms with Gasteiger partial charge in [0.05, 0.1) is 12.0 Å². The first kappa shape index (κ1) is 19.9. The lowest BCUT2D eigenvalue weighted by molar-refractivity contribution is -0.143. The molecule has 0 amide bonds. The van der Waals surface area contributed by atoms with E-state index in [0.29, 0.717) is 23.0 Å². The lowest BCUT2D eigenvalue weighted by Crippen LogP contribution is -2.42. The normalized spacial score (nSPS) is 13.4. The van der Waals surface area contributed by atoms with Crippen molar-refractivity contribution >= 4 is 53.9 Å². The molecule has 0 bridgehead atoms. The number of hydrogen-bond donors (Lipinski definition) is 1. The van der Waals surface area contributed by atoms with Gasteiger partial charge in [0.1, 0.15) is 17.2 Å². The van der Waals surface area contributed by atoms with Crippen LogP contribution in [0, 0.1) is 5.92 Å². The largest absolute Gasteiger partial charge is 0.468 e. The van der Waals surface area contributed by atoms with Gasteiger partial charge in [-0.25, -0.2) is 8.42 Å². The van der Waals surface area contributed by atoms with E-state index in [1.54, 1.807) is 12.1 Å². The van der Waals surface area contributed by atoms with Crippen molar-refractivity contribution in [1.29, 1.82) is 0 Å². The van der Waals surface area contributed by atoms with E-state index in [2.05, 4.69) is 20.7 Å². The summed E-state index contributed by atoms with van der Waals surface area (Å²) in [4.78, 5) is 12.0. The monoisotopic (exact) mass is 453 g/mol. The third-order valence-corrected chi connectivity index (χ3v) is 6.17. The molecule has 8 heteroatoms. The van der Waals surface area contributed by atoms with Gasteiger partial charge in [-0.2, -0.15) is 4.72 Å². The first-order chi connectivity index (χ1) is 12.7. The topological polar surface area (TPSA) is 85.6 Å². The Morgan fingerprint density at radius 2 is 1.78 bits per heavy atom. The van der Waals surface area contributed by atoms with Crippen molar-refractivity contribution in [1.82, 2.24) is 4.72 Å². The highest BCUT2D eigenvalue weighted by Crippen LogP contribution is 2.32. The van der Waals surface area contributed by atoms with Gasteiger partial charge in [0.25, 0.3) is 0 Å². The number of sulfonamides is 1. The summed E-state index contributed by atoms with van der Waals surface area (Å²) >= 11 is 3.42. The fourth-order valence-corrected chi connectivity index (χ4v) is 4.54. The Labute approximate surface area is 166 Å². The van der Waals surface area contributed by atoms with Crippen LogP contribution in [0.2, 0.25) is 0 Å². The number of esters is 1. The van der Waals surface area contributed by atoms with Gasteiger partial charge in [0, 0.05) is 15.2 Å². The molecule has 0 radical (unpaired) electrons. The predicted molar refractivity (Wildman–Crippen MR) is 107 cm³/mol. The van der Waals surface area contributed by atoms with Crippen molar-refractivity contribution in [3.63, 3.8) is 0 Å². The number of carbonyl (C=O) groups excluding carboxylic acids is 1. The summed E-state index contributed by atoms with van der Waals surface area (Å²) in [7, 11) is -2.67. The van der Waals surface area contributed by atoms with Crippen LogP contribution in [0.4, 0.5) is 0 Å². The number of furan rings is 1. The van der Waals surface area contributed by atoms with E-state index < -0.39 is 22.0 Å². The first-order valence-corrected chi connectivity index (χ1v) is 10.7. The van der Waals surface area contributed by atoms with Gasteiger partial charge in [0.2, 0.25) is 10.0 Å². The molecule has 3 rings (SSSR count). The molecular weight excluding hydrogens is 434 g/mol. The Morgan fingerprint density at radius 3 is 2.41 bits per heavy atom. The second-order valence-electron chi connectivity index (χ2n) is 6.73. The van der Waals surface area contributed by atoms with E-state index >= 15 is 0 Å². The fraction of sp³-hybridized carbons (Fsp3) is 0.316. The second-order valence-corrected chi connectivity index (χ2v) is 9.36. The quantitative estimate of drug-likeness (QED) is 0.564. The van der Waals surface area contributed by atoms with Gasteiger partial charge in [-0.1, -0.05) is 29.8 Å². The van der Waals surface area contributed by atoms with E-state index in [4.69, 9.17) is 9.15 Å².